The minimum absolute atomic E-state index is 0.160. The van der Waals surface area contributed by atoms with Crippen molar-refractivity contribution in [2.45, 2.75) is 25.3 Å². The maximum absolute atomic E-state index is 9.59. The van der Waals surface area contributed by atoms with Crippen LogP contribution in [0.5, 0.6) is 5.75 Å². The number of ether oxygens (including phenoxy) is 1. The fourth-order valence-corrected chi connectivity index (χ4v) is 5.46. The largest absolute Gasteiger partial charge is 0.492 e. The number of aromatic nitrogens is 3. The number of anilines is 1. The first kappa shape index (κ1) is 24.5. The number of fused-ring (bicyclic) bond motifs is 1. The van der Waals surface area contributed by atoms with Crippen LogP contribution in [0.3, 0.4) is 0 Å². The number of hydrogen-bond donors (Lipinski definition) is 1. The number of nitrogens with one attached hydrogen (secondary N) is 1. The first-order chi connectivity index (χ1) is 17.5. The van der Waals surface area contributed by atoms with Crippen LogP contribution in [0.4, 0.5) is 5.82 Å². The van der Waals surface area contributed by atoms with E-state index in [-0.39, 0.29) is 5.54 Å². The Morgan fingerprint density at radius 3 is 2.53 bits per heavy atom. The van der Waals surface area contributed by atoms with Crippen molar-refractivity contribution in [3.8, 4) is 22.9 Å². The van der Waals surface area contributed by atoms with Crippen LogP contribution in [-0.4, -0.2) is 96.5 Å². The van der Waals surface area contributed by atoms with Gasteiger partial charge in [-0.05, 0) is 52.1 Å². The molecule has 190 valence electrons. The molecular weight excluding hydrogens is 452 g/mol. The molecule has 5 heterocycles. The molecule has 36 heavy (non-hydrogen) atoms. The van der Waals surface area contributed by atoms with Gasteiger partial charge in [-0.1, -0.05) is 0 Å². The van der Waals surface area contributed by atoms with E-state index in [1.807, 2.05) is 25.4 Å². The van der Waals surface area contributed by atoms with Crippen LogP contribution < -0.4 is 15.0 Å². The van der Waals surface area contributed by atoms with Crippen LogP contribution in [0.1, 0.15) is 25.3 Å². The van der Waals surface area contributed by atoms with Crippen LogP contribution in [0.15, 0.2) is 36.8 Å². The molecule has 1 N–H and O–H groups in total. The lowest BCUT2D eigenvalue weighted by atomic mass is 9.86. The smallest absolute Gasteiger partial charge is 0.138 e. The Balaban J connectivity index is 1.31. The van der Waals surface area contributed by atoms with Crippen molar-refractivity contribution in [2.75, 3.05) is 71.4 Å². The zero-order valence-corrected chi connectivity index (χ0v) is 21.6. The lowest BCUT2D eigenvalue weighted by Gasteiger charge is -2.46. The van der Waals surface area contributed by atoms with E-state index >= 15 is 0 Å². The first-order valence-corrected chi connectivity index (χ1v) is 12.9. The van der Waals surface area contributed by atoms with Crippen LogP contribution in [0.2, 0.25) is 0 Å². The van der Waals surface area contributed by atoms with E-state index in [0.717, 1.165) is 86.9 Å². The second-order valence-electron chi connectivity index (χ2n) is 9.99. The number of piperidine rings is 1. The summed E-state index contributed by atoms with van der Waals surface area (Å²) in [5.74, 6) is 1.71. The van der Waals surface area contributed by atoms with Gasteiger partial charge in [-0.15, -0.1) is 0 Å². The second-order valence-corrected chi connectivity index (χ2v) is 9.99. The molecule has 3 aromatic heterocycles. The summed E-state index contributed by atoms with van der Waals surface area (Å²) in [7, 11) is 4.32. The highest BCUT2D eigenvalue weighted by atomic mass is 16.5. The third-order valence-electron chi connectivity index (χ3n) is 7.77. The predicted octanol–water partition coefficient (Wildman–Crippen LogP) is 2.47. The molecule has 2 fully saturated rings. The third-order valence-corrected chi connectivity index (χ3v) is 7.77. The SMILES string of the molecule is CCOc1cc(-c2ccc(N3CCC(CN4CCN(C)CC4)(NC)CC3)nc2)c2c(C#N)cnn2c1. The summed E-state index contributed by atoms with van der Waals surface area (Å²) in [6.45, 7) is 10.2. The molecule has 2 aliphatic heterocycles. The van der Waals surface area contributed by atoms with E-state index in [2.05, 4.69) is 57.4 Å². The van der Waals surface area contributed by atoms with Gasteiger partial charge in [-0.25, -0.2) is 9.50 Å². The highest BCUT2D eigenvalue weighted by molar-refractivity contribution is 5.85. The number of hydrogen-bond acceptors (Lipinski definition) is 8. The first-order valence-electron chi connectivity index (χ1n) is 12.9. The molecule has 0 aliphatic carbocycles. The second kappa shape index (κ2) is 10.4. The van der Waals surface area contributed by atoms with Gasteiger partial charge in [0.1, 0.15) is 17.6 Å². The Morgan fingerprint density at radius 1 is 1.11 bits per heavy atom. The molecule has 9 heteroatoms. The van der Waals surface area contributed by atoms with Crippen molar-refractivity contribution in [3.05, 3.63) is 42.4 Å². The fourth-order valence-electron chi connectivity index (χ4n) is 5.46. The van der Waals surface area contributed by atoms with E-state index in [9.17, 15) is 5.26 Å². The van der Waals surface area contributed by atoms with Crippen LogP contribution in [0.25, 0.3) is 16.6 Å². The van der Waals surface area contributed by atoms with Crippen molar-refractivity contribution < 1.29 is 4.74 Å². The minimum Gasteiger partial charge on any atom is -0.492 e. The average Bonchev–Trinajstić information content (AvgIpc) is 3.33. The lowest BCUT2D eigenvalue weighted by molar-refractivity contribution is 0.105. The molecule has 0 spiro atoms. The normalized spacial score (nSPS) is 18.9. The molecule has 3 aromatic rings. The number of nitrogens with zero attached hydrogens (tertiary/aromatic N) is 7. The van der Waals surface area contributed by atoms with E-state index in [0.29, 0.717) is 12.2 Å². The number of nitriles is 1. The van der Waals surface area contributed by atoms with Gasteiger partial charge < -0.3 is 19.9 Å². The van der Waals surface area contributed by atoms with Gasteiger partial charge >= 0.3 is 0 Å². The number of likely N-dealkylation sites (N-methyl/N-ethyl adjacent to an activating group) is 2. The molecule has 0 unspecified atom stereocenters. The van der Waals surface area contributed by atoms with Crippen molar-refractivity contribution in [1.29, 1.82) is 5.26 Å². The Morgan fingerprint density at radius 2 is 1.89 bits per heavy atom. The highest BCUT2D eigenvalue weighted by Gasteiger charge is 2.35. The summed E-state index contributed by atoms with van der Waals surface area (Å²) in [5, 5.41) is 17.6. The standard InChI is InChI=1S/C27H36N8O/c1-4-36-23-15-24(26-22(16-28)18-31-35(26)19-23)21-5-6-25(30-17-21)34-9-7-27(29-2,8-10-34)20-33-13-11-32(3)12-14-33/h5-6,15,17-19,29H,4,7-14,20H2,1-3H3. The number of pyridine rings is 2. The average molecular weight is 489 g/mol. The van der Waals surface area contributed by atoms with Crippen LogP contribution in [-0.2, 0) is 0 Å². The summed E-state index contributed by atoms with van der Waals surface area (Å²) in [6, 6.07) is 8.41. The zero-order valence-electron chi connectivity index (χ0n) is 21.6. The van der Waals surface area contributed by atoms with Gasteiger partial charge in [-0.2, -0.15) is 10.4 Å². The Labute approximate surface area is 213 Å². The quantitative estimate of drug-likeness (QED) is 0.543. The van der Waals surface area contributed by atoms with E-state index in [1.165, 1.54) is 0 Å². The topological polar surface area (TPSA) is 85.0 Å². The van der Waals surface area contributed by atoms with Gasteiger partial charge in [-0.3, -0.25) is 4.90 Å². The molecule has 0 aromatic carbocycles. The van der Waals surface area contributed by atoms with Gasteiger partial charge in [0.25, 0.3) is 0 Å². The van der Waals surface area contributed by atoms with Crippen molar-refractivity contribution in [3.63, 3.8) is 0 Å². The van der Waals surface area contributed by atoms with Crippen LogP contribution >= 0.6 is 0 Å². The van der Waals surface area contributed by atoms with Gasteiger partial charge in [0.05, 0.1) is 30.1 Å². The maximum Gasteiger partial charge on any atom is 0.138 e. The molecular formula is C27H36N8O. The van der Waals surface area contributed by atoms with Gasteiger partial charge in [0.2, 0.25) is 0 Å². The molecule has 5 rings (SSSR count). The van der Waals surface area contributed by atoms with E-state index < -0.39 is 0 Å². The molecule has 0 atom stereocenters. The minimum atomic E-state index is 0.160. The van der Waals surface area contributed by atoms with Gasteiger partial charge in [0.15, 0.2) is 0 Å². The number of piperazine rings is 1. The van der Waals surface area contributed by atoms with Crippen molar-refractivity contribution >= 4 is 11.3 Å². The molecule has 2 aliphatic rings. The molecule has 2 saturated heterocycles. The highest BCUT2D eigenvalue weighted by Crippen LogP contribution is 2.32. The third kappa shape index (κ3) is 4.89. The summed E-state index contributed by atoms with van der Waals surface area (Å²) in [4.78, 5) is 12.2. The van der Waals surface area contributed by atoms with Gasteiger partial charge in [0, 0.05) is 68.7 Å². The Bertz CT molecular complexity index is 1220. The van der Waals surface area contributed by atoms with Crippen molar-refractivity contribution in [2.24, 2.45) is 0 Å². The fraction of sp³-hybridized carbons (Fsp3) is 0.519. The molecule has 0 bridgehead atoms. The van der Waals surface area contributed by atoms with E-state index in [4.69, 9.17) is 9.72 Å². The molecule has 0 amide bonds. The molecule has 0 radical (unpaired) electrons. The molecule has 9 nitrogen and oxygen atoms in total. The summed E-state index contributed by atoms with van der Waals surface area (Å²) < 4.78 is 7.46. The molecule has 0 saturated carbocycles. The lowest BCUT2D eigenvalue weighted by Crippen LogP contribution is -2.60. The zero-order chi connectivity index (χ0) is 25.1. The van der Waals surface area contributed by atoms with E-state index in [1.54, 1.807) is 10.7 Å². The Hall–Kier alpha value is -3.19. The van der Waals surface area contributed by atoms with Crippen LogP contribution in [0, 0.1) is 11.3 Å². The summed E-state index contributed by atoms with van der Waals surface area (Å²) >= 11 is 0. The summed E-state index contributed by atoms with van der Waals surface area (Å²) in [6.07, 6.45) is 7.50. The Kier molecular flexibility index (Phi) is 7.10. The summed E-state index contributed by atoms with van der Waals surface area (Å²) in [5.41, 5.74) is 3.31. The maximum atomic E-state index is 9.59. The predicted molar refractivity (Wildman–Crippen MR) is 141 cm³/mol. The monoisotopic (exact) mass is 488 g/mol. The number of rotatable bonds is 7. The van der Waals surface area contributed by atoms with Crippen molar-refractivity contribution in [1.82, 2.24) is 29.7 Å².